The highest BCUT2D eigenvalue weighted by Gasteiger charge is 2.28. The van der Waals surface area contributed by atoms with E-state index < -0.39 is 13.2 Å². The van der Waals surface area contributed by atoms with E-state index in [9.17, 15) is 9.36 Å². The summed E-state index contributed by atoms with van der Waals surface area (Å²) < 4.78 is 27.3. The van der Waals surface area contributed by atoms with Crippen LogP contribution in [0.4, 0.5) is 4.79 Å². The topological polar surface area (TPSA) is 87.9 Å². The Morgan fingerprint density at radius 3 is 2.59 bits per heavy atom. The first-order valence-corrected chi connectivity index (χ1v) is 7.45. The Kier molecular flexibility index (Phi) is 2.75. The van der Waals surface area contributed by atoms with Crippen molar-refractivity contribution < 1.29 is 23.6 Å². The predicted octanol–water partition coefficient (Wildman–Crippen LogP) is 1.12. The molecule has 0 bridgehead atoms. The van der Waals surface area contributed by atoms with Gasteiger partial charge in [-0.05, 0) is 25.5 Å². The Balaban J connectivity index is 2.53. The minimum atomic E-state index is -2.49. The first kappa shape index (κ1) is 11.8. The van der Waals surface area contributed by atoms with Gasteiger partial charge in [-0.2, -0.15) is 0 Å². The molecule has 1 aliphatic rings. The highest BCUT2D eigenvalue weighted by Crippen LogP contribution is 2.47. The number of hydrogen-bond acceptors (Lipinski definition) is 5. The highest BCUT2D eigenvalue weighted by molar-refractivity contribution is 7.70. The van der Waals surface area contributed by atoms with Crippen LogP contribution in [0, 0.1) is 0 Å². The summed E-state index contributed by atoms with van der Waals surface area (Å²) in [6, 6.07) is 3.08. The molecule has 0 fully saturated rings. The third kappa shape index (κ3) is 2.22. The van der Waals surface area contributed by atoms with Crippen LogP contribution in [-0.4, -0.2) is 26.2 Å². The number of carbonyl (C=O) groups is 1. The van der Waals surface area contributed by atoms with E-state index in [1.807, 2.05) is 0 Å². The smallest absolute Gasteiger partial charge is 0.410 e. The van der Waals surface area contributed by atoms with Crippen LogP contribution in [0.25, 0.3) is 0 Å². The Morgan fingerprint density at radius 2 is 2.00 bits per heavy atom. The van der Waals surface area contributed by atoms with Crippen molar-refractivity contribution in [2.75, 3.05) is 20.1 Å². The standard InChI is InChI=1S/C10H12NO5P/c1-17(2,13)7-4-3-6(16-10(11)12)8-9(7)15-5-14-8/h3-4H,5H2,1-2H3,(H2,11,12). The van der Waals surface area contributed by atoms with Gasteiger partial charge in [-0.3, -0.25) is 0 Å². The molecule has 1 aliphatic heterocycles. The maximum Gasteiger partial charge on any atom is 0.410 e. The third-order valence-electron chi connectivity index (χ3n) is 2.25. The summed E-state index contributed by atoms with van der Waals surface area (Å²) in [7, 11) is -2.49. The van der Waals surface area contributed by atoms with Gasteiger partial charge in [0.05, 0.1) is 5.30 Å². The quantitative estimate of drug-likeness (QED) is 0.802. The fourth-order valence-electron chi connectivity index (χ4n) is 1.57. The molecule has 17 heavy (non-hydrogen) atoms. The van der Waals surface area contributed by atoms with Gasteiger partial charge in [0.1, 0.15) is 7.14 Å². The van der Waals surface area contributed by atoms with Crippen LogP contribution in [0.15, 0.2) is 12.1 Å². The van der Waals surface area contributed by atoms with E-state index in [-0.39, 0.29) is 18.3 Å². The molecule has 2 N–H and O–H groups in total. The van der Waals surface area contributed by atoms with E-state index >= 15 is 0 Å². The van der Waals surface area contributed by atoms with Gasteiger partial charge in [0.25, 0.3) is 0 Å². The minimum absolute atomic E-state index is 0.00146. The summed E-state index contributed by atoms with van der Waals surface area (Å²) in [5.74, 6) is 0.796. The zero-order valence-electron chi connectivity index (χ0n) is 9.43. The number of benzene rings is 1. The SMILES string of the molecule is CP(C)(=O)c1ccc(OC(N)=O)c2c1OCO2. The zero-order chi connectivity index (χ0) is 12.6. The summed E-state index contributed by atoms with van der Waals surface area (Å²) in [5.41, 5.74) is 4.93. The van der Waals surface area contributed by atoms with Crippen LogP contribution in [0.2, 0.25) is 0 Å². The van der Waals surface area contributed by atoms with Crippen LogP contribution < -0.4 is 25.2 Å². The number of nitrogens with two attached hydrogens (primary N) is 1. The second kappa shape index (κ2) is 3.96. The molecule has 0 unspecified atom stereocenters. The lowest BCUT2D eigenvalue weighted by molar-refractivity contribution is 0.170. The van der Waals surface area contributed by atoms with Crippen LogP contribution in [0.1, 0.15) is 0 Å². The van der Waals surface area contributed by atoms with Crippen LogP contribution in [0.3, 0.4) is 0 Å². The molecular weight excluding hydrogens is 245 g/mol. The van der Waals surface area contributed by atoms with Gasteiger partial charge < -0.3 is 24.5 Å². The molecule has 1 aromatic carbocycles. The van der Waals surface area contributed by atoms with Crippen molar-refractivity contribution in [3.63, 3.8) is 0 Å². The lowest BCUT2D eigenvalue weighted by Crippen LogP contribution is -2.17. The van der Waals surface area contributed by atoms with Gasteiger partial charge in [-0.1, -0.05) is 0 Å². The van der Waals surface area contributed by atoms with Gasteiger partial charge in [0, 0.05) is 0 Å². The first-order chi connectivity index (χ1) is 7.89. The van der Waals surface area contributed by atoms with Crippen molar-refractivity contribution in [1.82, 2.24) is 0 Å². The maximum atomic E-state index is 12.0. The molecule has 1 amide bonds. The van der Waals surface area contributed by atoms with Crippen molar-refractivity contribution in [3.05, 3.63) is 12.1 Å². The van der Waals surface area contributed by atoms with Crippen molar-refractivity contribution >= 4 is 18.5 Å². The summed E-state index contributed by atoms with van der Waals surface area (Å²) in [6.07, 6.45) is -0.938. The average Bonchev–Trinajstić information content (AvgIpc) is 2.63. The number of carbonyl (C=O) groups excluding carboxylic acids is 1. The number of ether oxygens (including phenoxy) is 3. The van der Waals surface area contributed by atoms with Crippen LogP contribution in [-0.2, 0) is 4.57 Å². The largest absolute Gasteiger partial charge is 0.453 e. The van der Waals surface area contributed by atoms with Crippen molar-refractivity contribution in [1.29, 1.82) is 0 Å². The summed E-state index contributed by atoms with van der Waals surface area (Å²) in [4.78, 5) is 10.7. The third-order valence-corrected chi connectivity index (χ3v) is 3.76. The summed E-state index contributed by atoms with van der Waals surface area (Å²) in [5, 5.41) is 0.557. The summed E-state index contributed by atoms with van der Waals surface area (Å²) in [6.45, 7) is 3.25. The van der Waals surface area contributed by atoms with Crippen LogP contribution in [0.5, 0.6) is 17.2 Å². The molecular formula is C10H12NO5P. The molecule has 0 aromatic heterocycles. The lowest BCUT2D eigenvalue weighted by atomic mass is 10.3. The van der Waals surface area contributed by atoms with E-state index in [2.05, 4.69) is 0 Å². The van der Waals surface area contributed by atoms with E-state index in [0.29, 0.717) is 11.1 Å². The Hall–Kier alpha value is -1.68. The molecule has 0 atom stereocenters. The predicted molar refractivity (Wildman–Crippen MR) is 61.9 cm³/mol. The number of amides is 1. The van der Waals surface area contributed by atoms with Crippen molar-refractivity contribution in [3.8, 4) is 17.2 Å². The fourth-order valence-corrected chi connectivity index (χ4v) is 2.66. The minimum Gasteiger partial charge on any atom is -0.453 e. The number of rotatable bonds is 2. The second-order valence-electron chi connectivity index (χ2n) is 3.92. The molecule has 0 saturated heterocycles. The van der Waals surface area contributed by atoms with Gasteiger partial charge in [-0.15, -0.1) is 0 Å². The van der Waals surface area contributed by atoms with E-state index in [0.717, 1.165) is 0 Å². The first-order valence-electron chi connectivity index (χ1n) is 4.85. The number of fused-ring (bicyclic) bond motifs is 1. The molecule has 6 nitrogen and oxygen atoms in total. The molecule has 1 aromatic rings. The zero-order valence-corrected chi connectivity index (χ0v) is 10.3. The van der Waals surface area contributed by atoms with Gasteiger partial charge >= 0.3 is 6.09 Å². The van der Waals surface area contributed by atoms with Crippen molar-refractivity contribution in [2.24, 2.45) is 5.73 Å². The molecule has 7 heteroatoms. The molecule has 0 radical (unpaired) electrons. The van der Waals surface area contributed by atoms with Gasteiger partial charge in [0.15, 0.2) is 11.5 Å². The number of hydrogen-bond donors (Lipinski definition) is 1. The normalized spacial score (nSPS) is 13.5. The molecule has 92 valence electrons. The molecule has 1 heterocycles. The molecule has 2 rings (SSSR count). The number of primary amides is 1. The highest BCUT2D eigenvalue weighted by atomic mass is 31.2. The van der Waals surface area contributed by atoms with E-state index in [4.69, 9.17) is 19.9 Å². The lowest BCUT2D eigenvalue weighted by Gasteiger charge is -2.12. The Morgan fingerprint density at radius 1 is 1.35 bits per heavy atom. The fraction of sp³-hybridized carbons (Fsp3) is 0.300. The Labute approximate surface area is 98.0 Å². The molecule has 0 saturated carbocycles. The van der Waals surface area contributed by atoms with Crippen LogP contribution >= 0.6 is 7.14 Å². The van der Waals surface area contributed by atoms with Gasteiger partial charge in [0.2, 0.25) is 12.5 Å². The Bertz CT molecular complexity index is 522. The van der Waals surface area contributed by atoms with Gasteiger partial charge in [-0.25, -0.2) is 4.79 Å². The summed E-state index contributed by atoms with van der Waals surface area (Å²) >= 11 is 0. The second-order valence-corrected chi connectivity index (χ2v) is 7.10. The van der Waals surface area contributed by atoms with E-state index in [1.165, 1.54) is 6.07 Å². The molecule has 0 spiro atoms. The average molecular weight is 257 g/mol. The molecule has 0 aliphatic carbocycles. The maximum absolute atomic E-state index is 12.0. The van der Waals surface area contributed by atoms with Crippen molar-refractivity contribution in [2.45, 2.75) is 0 Å². The van der Waals surface area contributed by atoms with E-state index in [1.54, 1.807) is 19.4 Å². The monoisotopic (exact) mass is 257 g/mol.